The zero-order valence-electron chi connectivity index (χ0n) is 12.0. The van der Waals surface area contributed by atoms with Crippen molar-refractivity contribution in [3.8, 4) is 5.75 Å². The predicted molar refractivity (Wildman–Crippen MR) is 80.1 cm³/mol. The molecule has 0 radical (unpaired) electrons. The van der Waals surface area contributed by atoms with Gasteiger partial charge < -0.3 is 15.0 Å². The SMILES string of the molecule is COc1ccc2nc(C)cc(NCCN(C)C)c2c1. The number of likely N-dealkylation sites (N-methyl/N-ethyl adjacent to an activating group) is 1. The van der Waals surface area contributed by atoms with Gasteiger partial charge in [-0.3, -0.25) is 4.98 Å². The number of methoxy groups -OCH3 is 1. The maximum absolute atomic E-state index is 5.29. The van der Waals surface area contributed by atoms with E-state index in [0.717, 1.165) is 41.1 Å². The largest absolute Gasteiger partial charge is 0.497 e. The van der Waals surface area contributed by atoms with Crippen molar-refractivity contribution in [3.05, 3.63) is 30.0 Å². The molecule has 0 aliphatic carbocycles. The highest BCUT2D eigenvalue weighted by molar-refractivity contribution is 5.92. The Kier molecular flexibility index (Phi) is 4.22. The van der Waals surface area contributed by atoms with E-state index in [1.54, 1.807) is 7.11 Å². The van der Waals surface area contributed by atoms with E-state index in [-0.39, 0.29) is 0 Å². The van der Waals surface area contributed by atoms with E-state index in [0.29, 0.717) is 0 Å². The molecule has 0 fully saturated rings. The number of hydrogen-bond acceptors (Lipinski definition) is 4. The molecule has 4 heteroatoms. The Morgan fingerprint density at radius 2 is 2.05 bits per heavy atom. The molecule has 2 rings (SSSR count). The number of fused-ring (bicyclic) bond motifs is 1. The molecule has 0 saturated carbocycles. The van der Waals surface area contributed by atoms with E-state index in [9.17, 15) is 0 Å². The summed E-state index contributed by atoms with van der Waals surface area (Å²) in [4.78, 5) is 6.71. The lowest BCUT2D eigenvalue weighted by Crippen LogP contribution is -2.20. The van der Waals surface area contributed by atoms with Gasteiger partial charge in [-0.15, -0.1) is 0 Å². The van der Waals surface area contributed by atoms with Gasteiger partial charge in [0, 0.05) is 29.9 Å². The van der Waals surface area contributed by atoms with Crippen LogP contribution in [0.1, 0.15) is 5.69 Å². The van der Waals surface area contributed by atoms with Gasteiger partial charge >= 0.3 is 0 Å². The van der Waals surface area contributed by atoms with Gasteiger partial charge in [0.2, 0.25) is 0 Å². The second kappa shape index (κ2) is 5.89. The van der Waals surface area contributed by atoms with E-state index < -0.39 is 0 Å². The summed E-state index contributed by atoms with van der Waals surface area (Å²) in [6, 6.07) is 8.05. The standard InChI is InChI=1S/C15H21N3O/c1-11-9-15(16-7-8-18(2)3)13-10-12(19-4)5-6-14(13)17-11/h5-6,9-10H,7-8H2,1-4H3,(H,16,17). The van der Waals surface area contributed by atoms with Crippen LogP contribution in [-0.4, -0.2) is 44.2 Å². The Morgan fingerprint density at radius 1 is 1.26 bits per heavy atom. The third kappa shape index (κ3) is 3.35. The van der Waals surface area contributed by atoms with Crippen molar-refractivity contribution in [2.75, 3.05) is 39.6 Å². The van der Waals surface area contributed by atoms with E-state index >= 15 is 0 Å². The number of aryl methyl sites for hydroxylation is 1. The minimum atomic E-state index is 0.855. The zero-order valence-corrected chi connectivity index (χ0v) is 12.0. The van der Waals surface area contributed by atoms with Crippen LogP contribution in [-0.2, 0) is 0 Å². The highest BCUT2D eigenvalue weighted by Gasteiger charge is 2.05. The second-order valence-electron chi connectivity index (χ2n) is 4.92. The van der Waals surface area contributed by atoms with Crippen LogP contribution in [0.4, 0.5) is 5.69 Å². The highest BCUT2D eigenvalue weighted by Crippen LogP contribution is 2.27. The molecule has 102 valence electrons. The minimum absolute atomic E-state index is 0.855. The Hall–Kier alpha value is -1.81. The van der Waals surface area contributed by atoms with Crippen LogP contribution in [0, 0.1) is 6.92 Å². The third-order valence-corrected chi connectivity index (χ3v) is 3.02. The number of pyridine rings is 1. The van der Waals surface area contributed by atoms with E-state index in [4.69, 9.17) is 4.74 Å². The summed E-state index contributed by atoms with van der Waals surface area (Å²) in [5.41, 5.74) is 3.13. The Bertz CT molecular complexity index is 567. The normalized spacial score (nSPS) is 11.0. The van der Waals surface area contributed by atoms with Crippen LogP contribution in [0.5, 0.6) is 5.75 Å². The van der Waals surface area contributed by atoms with Crippen LogP contribution >= 0.6 is 0 Å². The Balaban J connectivity index is 2.34. The molecule has 2 aromatic rings. The molecule has 1 aromatic carbocycles. The van der Waals surface area contributed by atoms with Gasteiger partial charge in [0.15, 0.2) is 0 Å². The molecule has 0 unspecified atom stereocenters. The molecule has 19 heavy (non-hydrogen) atoms. The van der Waals surface area contributed by atoms with Crippen molar-refractivity contribution in [2.24, 2.45) is 0 Å². The third-order valence-electron chi connectivity index (χ3n) is 3.02. The molecule has 1 N–H and O–H groups in total. The van der Waals surface area contributed by atoms with E-state index in [1.165, 1.54) is 0 Å². The number of rotatable bonds is 5. The zero-order chi connectivity index (χ0) is 13.8. The number of nitrogens with zero attached hydrogens (tertiary/aromatic N) is 2. The molecular formula is C15H21N3O. The van der Waals surface area contributed by atoms with Crippen molar-refractivity contribution in [2.45, 2.75) is 6.92 Å². The summed E-state index contributed by atoms with van der Waals surface area (Å²) in [5, 5.41) is 4.57. The number of nitrogens with one attached hydrogen (secondary N) is 1. The van der Waals surface area contributed by atoms with Crippen LogP contribution < -0.4 is 10.1 Å². The molecule has 4 nitrogen and oxygen atoms in total. The first-order valence-electron chi connectivity index (χ1n) is 6.44. The first-order chi connectivity index (χ1) is 9.10. The summed E-state index contributed by atoms with van der Waals surface area (Å²) < 4.78 is 5.29. The van der Waals surface area contributed by atoms with Crippen LogP contribution in [0.25, 0.3) is 10.9 Å². The van der Waals surface area contributed by atoms with Crippen LogP contribution in [0.2, 0.25) is 0 Å². The first kappa shape index (κ1) is 13.6. The van der Waals surface area contributed by atoms with E-state index in [1.807, 2.05) is 25.1 Å². The maximum Gasteiger partial charge on any atom is 0.119 e. The number of ether oxygens (including phenoxy) is 1. The number of benzene rings is 1. The van der Waals surface area contributed by atoms with Gasteiger partial charge in [-0.1, -0.05) is 0 Å². The van der Waals surface area contributed by atoms with Crippen molar-refractivity contribution in [3.63, 3.8) is 0 Å². The lowest BCUT2D eigenvalue weighted by Gasteiger charge is -2.14. The average molecular weight is 259 g/mol. The topological polar surface area (TPSA) is 37.4 Å². The molecule has 0 aliphatic rings. The Morgan fingerprint density at radius 3 is 2.74 bits per heavy atom. The van der Waals surface area contributed by atoms with Gasteiger partial charge in [-0.25, -0.2) is 0 Å². The molecule has 0 amide bonds. The lowest BCUT2D eigenvalue weighted by molar-refractivity contribution is 0.415. The van der Waals surface area contributed by atoms with Gasteiger partial charge in [0.1, 0.15) is 5.75 Å². The molecule has 1 aromatic heterocycles. The van der Waals surface area contributed by atoms with Gasteiger partial charge in [-0.2, -0.15) is 0 Å². The van der Waals surface area contributed by atoms with Gasteiger partial charge in [0.05, 0.1) is 12.6 Å². The van der Waals surface area contributed by atoms with Crippen LogP contribution in [0.3, 0.4) is 0 Å². The number of aromatic nitrogens is 1. The second-order valence-corrected chi connectivity index (χ2v) is 4.92. The molecule has 0 aliphatic heterocycles. The summed E-state index contributed by atoms with van der Waals surface area (Å²) in [7, 11) is 5.82. The quantitative estimate of drug-likeness (QED) is 0.895. The van der Waals surface area contributed by atoms with Crippen LogP contribution in [0.15, 0.2) is 24.3 Å². The van der Waals surface area contributed by atoms with E-state index in [2.05, 4.69) is 35.4 Å². The molecular weight excluding hydrogens is 238 g/mol. The number of hydrogen-bond donors (Lipinski definition) is 1. The fourth-order valence-electron chi connectivity index (χ4n) is 2.02. The van der Waals surface area contributed by atoms with Crippen molar-refractivity contribution < 1.29 is 4.74 Å². The summed E-state index contributed by atoms with van der Waals surface area (Å²) in [6.07, 6.45) is 0. The van der Waals surface area contributed by atoms with Gasteiger partial charge in [0.25, 0.3) is 0 Å². The molecule has 0 spiro atoms. The van der Waals surface area contributed by atoms with Crippen molar-refractivity contribution in [1.29, 1.82) is 0 Å². The number of anilines is 1. The molecule has 1 heterocycles. The Labute approximate surface area is 114 Å². The maximum atomic E-state index is 5.29. The lowest BCUT2D eigenvalue weighted by atomic mass is 10.1. The smallest absolute Gasteiger partial charge is 0.119 e. The minimum Gasteiger partial charge on any atom is -0.497 e. The molecule has 0 saturated heterocycles. The molecule has 0 atom stereocenters. The summed E-state index contributed by atoms with van der Waals surface area (Å²) >= 11 is 0. The monoisotopic (exact) mass is 259 g/mol. The molecule has 0 bridgehead atoms. The average Bonchev–Trinajstić information content (AvgIpc) is 2.37. The summed E-state index contributed by atoms with van der Waals surface area (Å²) in [5.74, 6) is 0.855. The van der Waals surface area contributed by atoms with Gasteiger partial charge in [-0.05, 0) is 45.3 Å². The fraction of sp³-hybridized carbons (Fsp3) is 0.400. The fourth-order valence-corrected chi connectivity index (χ4v) is 2.02. The predicted octanol–water partition coefficient (Wildman–Crippen LogP) is 2.53. The summed E-state index contributed by atoms with van der Waals surface area (Å²) in [6.45, 7) is 3.91. The highest BCUT2D eigenvalue weighted by atomic mass is 16.5. The van der Waals surface area contributed by atoms with Crippen molar-refractivity contribution >= 4 is 16.6 Å². The first-order valence-corrected chi connectivity index (χ1v) is 6.44. The van der Waals surface area contributed by atoms with Crippen molar-refractivity contribution in [1.82, 2.24) is 9.88 Å².